The minimum Gasteiger partial charge on any atom is -0.496 e. The zero-order chi connectivity index (χ0) is 16.7. The van der Waals surface area contributed by atoms with Crippen molar-refractivity contribution in [2.45, 2.75) is 18.8 Å². The molecule has 0 bridgehead atoms. The van der Waals surface area contributed by atoms with Gasteiger partial charge in [0.05, 0.1) is 13.7 Å². The second kappa shape index (κ2) is 8.89. The van der Waals surface area contributed by atoms with E-state index >= 15 is 0 Å². The first-order valence-corrected chi connectivity index (χ1v) is 8.25. The van der Waals surface area contributed by atoms with Gasteiger partial charge in [-0.3, -0.25) is 4.79 Å². The summed E-state index contributed by atoms with van der Waals surface area (Å²) >= 11 is 0. The highest BCUT2D eigenvalue weighted by Gasteiger charge is 2.44. The van der Waals surface area contributed by atoms with E-state index in [0.29, 0.717) is 5.92 Å². The van der Waals surface area contributed by atoms with Crippen LogP contribution in [0.15, 0.2) is 24.3 Å². The van der Waals surface area contributed by atoms with Crippen LogP contribution in [-0.2, 0) is 9.53 Å². The Morgan fingerprint density at radius 3 is 2.83 bits per heavy atom. The van der Waals surface area contributed by atoms with Gasteiger partial charge in [-0.2, -0.15) is 0 Å². The minimum atomic E-state index is 0.0949. The van der Waals surface area contributed by atoms with Crippen LogP contribution < -0.4 is 10.1 Å². The molecule has 1 aliphatic rings. The van der Waals surface area contributed by atoms with Crippen molar-refractivity contribution in [3.63, 3.8) is 0 Å². The average Bonchev–Trinajstić information content (AvgIpc) is 3.37. The van der Waals surface area contributed by atoms with E-state index in [4.69, 9.17) is 9.47 Å². The molecule has 0 radical (unpaired) electrons. The number of nitrogens with one attached hydrogen (secondary N) is 1. The van der Waals surface area contributed by atoms with Crippen molar-refractivity contribution in [2.75, 3.05) is 47.5 Å². The van der Waals surface area contributed by atoms with Crippen molar-refractivity contribution in [3.8, 4) is 5.75 Å². The number of rotatable bonds is 10. The summed E-state index contributed by atoms with van der Waals surface area (Å²) < 4.78 is 10.4. The van der Waals surface area contributed by atoms with Crippen molar-refractivity contribution >= 4 is 5.91 Å². The second-order valence-corrected chi connectivity index (χ2v) is 6.13. The maximum atomic E-state index is 12.2. The van der Waals surface area contributed by atoms with Gasteiger partial charge < -0.3 is 19.7 Å². The van der Waals surface area contributed by atoms with Crippen LogP contribution in [0, 0.1) is 5.92 Å². The van der Waals surface area contributed by atoms with E-state index in [0.717, 1.165) is 50.4 Å². The fraction of sp³-hybridized carbons (Fsp3) is 0.611. The van der Waals surface area contributed by atoms with Crippen LogP contribution in [0.3, 0.4) is 0 Å². The fourth-order valence-corrected chi connectivity index (χ4v) is 2.85. The van der Waals surface area contributed by atoms with Crippen molar-refractivity contribution in [1.29, 1.82) is 0 Å². The number of amides is 1. The predicted molar refractivity (Wildman–Crippen MR) is 90.8 cm³/mol. The third-order valence-corrected chi connectivity index (χ3v) is 4.36. The molecule has 1 N–H and O–H groups in total. The Kier molecular flexibility index (Phi) is 6.86. The number of carbonyl (C=O) groups excluding carboxylic acids is 1. The van der Waals surface area contributed by atoms with E-state index in [1.807, 2.05) is 18.2 Å². The molecule has 5 heteroatoms. The molecule has 23 heavy (non-hydrogen) atoms. The van der Waals surface area contributed by atoms with Gasteiger partial charge in [0.15, 0.2) is 0 Å². The number of hydrogen-bond donors (Lipinski definition) is 1. The quantitative estimate of drug-likeness (QED) is 0.669. The van der Waals surface area contributed by atoms with Crippen molar-refractivity contribution in [3.05, 3.63) is 29.8 Å². The van der Waals surface area contributed by atoms with E-state index in [2.05, 4.69) is 23.3 Å². The summed E-state index contributed by atoms with van der Waals surface area (Å²) in [5.41, 5.74) is 1.15. The van der Waals surface area contributed by atoms with E-state index in [1.54, 1.807) is 14.2 Å². The molecule has 1 amide bonds. The predicted octanol–water partition coefficient (Wildman–Crippen LogP) is 1.88. The van der Waals surface area contributed by atoms with Crippen LogP contribution >= 0.6 is 0 Å². The molecule has 0 heterocycles. The van der Waals surface area contributed by atoms with E-state index in [9.17, 15) is 4.79 Å². The highest BCUT2D eigenvalue weighted by molar-refractivity contribution is 5.83. The summed E-state index contributed by atoms with van der Waals surface area (Å²) in [6.45, 7) is 3.35. The third kappa shape index (κ3) is 5.22. The van der Waals surface area contributed by atoms with Crippen LogP contribution in [0.25, 0.3) is 0 Å². The molecule has 0 saturated heterocycles. The Morgan fingerprint density at radius 2 is 2.09 bits per heavy atom. The molecule has 1 aromatic rings. The van der Waals surface area contributed by atoms with Crippen LogP contribution in [0.4, 0.5) is 0 Å². The van der Waals surface area contributed by atoms with Gasteiger partial charge in [0, 0.05) is 26.1 Å². The van der Waals surface area contributed by atoms with Crippen LogP contribution in [0.2, 0.25) is 0 Å². The van der Waals surface area contributed by atoms with Crippen molar-refractivity contribution in [1.82, 2.24) is 10.2 Å². The molecule has 1 aromatic carbocycles. The Labute approximate surface area is 139 Å². The van der Waals surface area contributed by atoms with Crippen molar-refractivity contribution in [2.24, 2.45) is 5.92 Å². The first kappa shape index (κ1) is 17.8. The zero-order valence-electron chi connectivity index (χ0n) is 14.4. The van der Waals surface area contributed by atoms with Crippen LogP contribution in [0.1, 0.15) is 24.3 Å². The maximum absolute atomic E-state index is 12.2. The molecular weight excluding hydrogens is 292 g/mol. The topological polar surface area (TPSA) is 50.8 Å². The average molecular weight is 320 g/mol. The number of ether oxygens (including phenoxy) is 2. The maximum Gasteiger partial charge on any atom is 0.223 e. The molecule has 128 valence electrons. The number of carbonyl (C=O) groups is 1. The Morgan fingerprint density at radius 1 is 1.30 bits per heavy atom. The lowest BCUT2D eigenvalue weighted by molar-refractivity contribution is -0.122. The molecule has 1 saturated carbocycles. The number of benzene rings is 1. The SMILES string of the molecule is COCCN(C)CCCNC(=O)[C@H]1C[C@H]1c1ccccc1OC. The number of methoxy groups -OCH3 is 2. The van der Waals surface area contributed by atoms with Gasteiger partial charge >= 0.3 is 0 Å². The summed E-state index contributed by atoms with van der Waals surface area (Å²) in [5.74, 6) is 1.45. The minimum absolute atomic E-state index is 0.0949. The number of para-hydroxylation sites is 1. The third-order valence-electron chi connectivity index (χ3n) is 4.36. The normalized spacial score (nSPS) is 19.7. The highest BCUT2D eigenvalue weighted by Crippen LogP contribution is 2.50. The smallest absolute Gasteiger partial charge is 0.223 e. The van der Waals surface area contributed by atoms with E-state index in [1.165, 1.54) is 0 Å². The Hall–Kier alpha value is -1.59. The largest absolute Gasteiger partial charge is 0.496 e. The summed E-state index contributed by atoms with van der Waals surface area (Å²) in [6, 6.07) is 7.97. The first-order chi connectivity index (χ1) is 11.2. The first-order valence-electron chi connectivity index (χ1n) is 8.25. The number of likely N-dealkylation sites (N-methyl/N-ethyl adjacent to an activating group) is 1. The standard InChI is InChI=1S/C18H28N2O3/c1-20(11-12-22-2)10-6-9-19-18(21)16-13-15(16)14-7-4-5-8-17(14)23-3/h4-5,7-8,15-16H,6,9-13H2,1-3H3,(H,19,21)/t15-,16-/m0/s1. The molecule has 2 rings (SSSR count). The summed E-state index contributed by atoms with van der Waals surface area (Å²) in [6.07, 6.45) is 1.87. The van der Waals surface area contributed by atoms with Gasteiger partial charge in [0.2, 0.25) is 5.91 Å². The monoisotopic (exact) mass is 320 g/mol. The number of hydrogen-bond acceptors (Lipinski definition) is 4. The van der Waals surface area contributed by atoms with Gasteiger partial charge in [0.25, 0.3) is 0 Å². The number of nitrogens with zero attached hydrogens (tertiary/aromatic N) is 1. The van der Waals surface area contributed by atoms with Gasteiger partial charge in [-0.15, -0.1) is 0 Å². The lowest BCUT2D eigenvalue weighted by atomic mass is 10.1. The van der Waals surface area contributed by atoms with Gasteiger partial charge in [-0.1, -0.05) is 18.2 Å². The lowest BCUT2D eigenvalue weighted by Crippen LogP contribution is -2.30. The summed E-state index contributed by atoms with van der Waals surface area (Å²) in [4.78, 5) is 14.4. The Balaban J connectivity index is 1.68. The molecule has 1 aliphatic carbocycles. The summed E-state index contributed by atoms with van der Waals surface area (Å²) in [5, 5.41) is 3.06. The second-order valence-electron chi connectivity index (χ2n) is 6.13. The molecule has 1 fully saturated rings. The van der Waals surface area contributed by atoms with E-state index in [-0.39, 0.29) is 11.8 Å². The molecule has 5 nitrogen and oxygen atoms in total. The van der Waals surface area contributed by atoms with Crippen LogP contribution in [-0.4, -0.2) is 58.3 Å². The van der Waals surface area contributed by atoms with E-state index < -0.39 is 0 Å². The highest BCUT2D eigenvalue weighted by atomic mass is 16.5. The molecule has 0 aromatic heterocycles. The zero-order valence-corrected chi connectivity index (χ0v) is 14.4. The van der Waals surface area contributed by atoms with Gasteiger partial charge in [-0.25, -0.2) is 0 Å². The Bertz CT molecular complexity index is 507. The van der Waals surface area contributed by atoms with Crippen LogP contribution in [0.5, 0.6) is 5.75 Å². The van der Waals surface area contributed by atoms with Gasteiger partial charge in [0.1, 0.15) is 5.75 Å². The summed E-state index contributed by atoms with van der Waals surface area (Å²) in [7, 11) is 5.46. The molecule has 0 aliphatic heterocycles. The molecular formula is C18H28N2O3. The lowest BCUT2D eigenvalue weighted by Gasteiger charge is -2.15. The van der Waals surface area contributed by atoms with Crippen molar-refractivity contribution < 1.29 is 14.3 Å². The fourth-order valence-electron chi connectivity index (χ4n) is 2.85. The molecule has 0 spiro atoms. The van der Waals surface area contributed by atoms with Gasteiger partial charge in [-0.05, 0) is 44.0 Å². The molecule has 0 unspecified atom stereocenters. The molecule has 2 atom stereocenters.